The fourth-order valence-corrected chi connectivity index (χ4v) is 6.97. The van der Waals surface area contributed by atoms with Crippen LogP contribution in [0.1, 0.15) is 18.6 Å². The van der Waals surface area contributed by atoms with E-state index in [9.17, 15) is 13.2 Å². The molecular weight excluding hydrogens is 502 g/mol. The lowest BCUT2D eigenvalue weighted by Gasteiger charge is -2.28. The van der Waals surface area contributed by atoms with E-state index in [0.29, 0.717) is 40.7 Å². The molecule has 9 nitrogen and oxygen atoms in total. The summed E-state index contributed by atoms with van der Waals surface area (Å²) < 4.78 is 45.3. The number of carbonyl (C=O) groups excluding carboxylic acids is 1. The second-order valence-corrected chi connectivity index (χ2v) is 11.2. The van der Waals surface area contributed by atoms with Crippen molar-refractivity contribution in [3.8, 4) is 11.5 Å². The summed E-state index contributed by atoms with van der Waals surface area (Å²) in [5.74, 6) is 1.37. The number of thiazole rings is 1. The summed E-state index contributed by atoms with van der Waals surface area (Å²) in [5.41, 5.74) is 0.645. The van der Waals surface area contributed by atoms with E-state index in [2.05, 4.69) is 0 Å². The molecule has 0 aliphatic carbocycles. The van der Waals surface area contributed by atoms with E-state index >= 15 is 0 Å². The fraction of sp³-hybridized carbons (Fsp3) is 0.280. The zero-order chi connectivity index (χ0) is 25.3. The monoisotopic (exact) mass is 527 g/mol. The van der Waals surface area contributed by atoms with Crippen molar-refractivity contribution in [1.82, 2.24) is 9.29 Å². The van der Waals surface area contributed by atoms with E-state index < -0.39 is 16.1 Å². The molecule has 1 saturated heterocycles. The Bertz CT molecular complexity index is 1470. The van der Waals surface area contributed by atoms with Gasteiger partial charge in [0.25, 0.3) is 0 Å². The number of rotatable bonds is 8. The third-order valence-electron chi connectivity index (χ3n) is 6.14. The van der Waals surface area contributed by atoms with Crippen LogP contribution in [-0.2, 0) is 21.4 Å². The number of hydrogen-bond acceptors (Lipinski definition) is 8. The van der Waals surface area contributed by atoms with E-state index in [1.165, 1.54) is 46.0 Å². The van der Waals surface area contributed by atoms with Gasteiger partial charge in [-0.2, -0.15) is 4.31 Å². The number of hydrogen-bond donors (Lipinski definition) is 0. The van der Waals surface area contributed by atoms with Crippen molar-refractivity contribution < 1.29 is 27.1 Å². The third-order valence-corrected chi connectivity index (χ3v) is 9.10. The predicted octanol–water partition coefficient (Wildman–Crippen LogP) is 4.29. The van der Waals surface area contributed by atoms with Gasteiger partial charge in [-0.25, -0.2) is 13.4 Å². The molecule has 36 heavy (non-hydrogen) atoms. The molecule has 0 radical (unpaired) electrons. The van der Waals surface area contributed by atoms with Crippen LogP contribution >= 0.6 is 11.3 Å². The molecule has 0 saturated carbocycles. The summed E-state index contributed by atoms with van der Waals surface area (Å²) in [6.45, 7) is 0.383. The second kappa shape index (κ2) is 9.92. The molecule has 11 heteroatoms. The molecule has 3 heterocycles. The minimum atomic E-state index is -3.90. The first-order valence-corrected chi connectivity index (χ1v) is 13.6. The Hall–Kier alpha value is -3.41. The summed E-state index contributed by atoms with van der Waals surface area (Å²) in [4.78, 5) is 20.3. The summed E-state index contributed by atoms with van der Waals surface area (Å²) in [6, 6.07) is 14.4. The first kappa shape index (κ1) is 24.3. The molecule has 1 unspecified atom stereocenters. The van der Waals surface area contributed by atoms with Gasteiger partial charge in [0.05, 0.1) is 36.6 Å². The van der Waals surface area contributed by atoms with Crippen LogP contribution in [0.3, 0.4) is 0 Å². The molecular formula is C25H25N3O6S2. The van der Waals surface area contributed by atoms with Crippen molar-refractivity contribution in [1.29, 1.82) is 0 Å². The SMILES string of the molecule is COc1ccc(S(=O)(=O)N2CCCC2C(=O)N(Cc2ccco2)c2nc3c(OC)cccc3s2)cc1. The Morgan fingerprint density at radius 2 is 1.94 bits per heavy atom. The van der Waals surface area contributed by atoms with Gasteiger partial charge in [-0.1, -0.05) is 17.4 Å². The molecule has 5 rings (SSSR count). The minimum absolute atomic E-state index is 0.116. The number of aromatic nitrogens is 1. The number of sulfonamides is 1. The summed E-state index contributed by atoms with van der Waals surface area (Å²) in [5, 5.41) is 0.449. The number of para-hydroxylation sites is 1. The Kier molecular flexibility index (Phi) is 6.69. The zero-order valence-electron chi connectivity index (χ0n) is 19.8. The average Bonchev–Trinajstić information content (AvgIpc) is 3.67. The number of amides is 1. The maximum Gasteiger partial charge on any atom is 0.247 e. The molecule has 1 fully saturated rings. The van der Waals surface area contributed by atoms with Crippen molar-refractivity contribution >= 4 is 42.6 Å². The van der Waals surface area contributed by atoms with Gasteiger partial charge in [0.15, 0.2) is 5.13 Å². The number of nitrogens with zero attached hydrogens (tertiary/aromatic N) is 3. The summed E-state index contributed by atoms with van der Waals surface area (Å²) in [6.07, 6.45) is 2.53. The van der Waals surface area contributed by atoms with E-state index in [4.69, 9.17) is 18.9 Å². The maximum absolute atomic E-state index is 14.0. The molecule has 1 aliphatic heterocycles. The van der Waals surface area contributed by atoms with E-state index in [0.717, 1.165) is 4.70 Å². The van der Waals surface area contributed by atoms with Gasteiger partial charge in [0, 0.05) is 6.54 Å². The van der Waals surface area contributed by atoms with E-state index in [1.807, 2.05) is 18.2 Å². The molecule has 188 valence electrons. The van der Waals surface area contributed by atoms with Crippen LogP contribution in [0.5, 0.6) is 11.5 Å². The van der Waals surface area contributed by atoms with Gasteiger partial charge < -0.3 is 13.9 Å². The maximum atomic E-state index is 14.0. The highest BCUT2D eigenvalue weighted by Crippen LogP contribution is 2.36. The van der Waals surface area contributed by atoms with E-state index in [-0.39, 0.29) is 23.9 Å². The Labute approximate surface area is 212 Å². The van der Waals surface area contributed by atoms with Crippen LogP contribution in [0.25, 0.3) is 10.2 Å². The van der Waals surface area contributed by atoms with Crippen LogP contribution in [0.4, 0.5) is 5.13 Å². The number of carbonyl (C=O) groups is 1. The highest BCUT2D eigenvalue weighted by molar-refractivity contribution is 7.89. The number of furan rings is 1. The van der Waals surface area contributed by atoms with Gasteiger partial charge in [0.2, 0.25) is 15.9 Å². The molecule has 0 spiro atoms. The zero-order valence-corrected chi connectivity index (χ0v) is 21.4. The Balaban J connectivity index is 1.51. The standard InChI is InChI=1S/C25H25N3O6S2/c1-32-17-10-12-19(13-11-17)36(30,31)28-14-4-7-20(28)24(29)27(16-18-6-5-15-34-18)25-26-23-21(33-2)8-3-9-22(23)35-25/h3,5-6,8-13,15,20H,4,7,14,16H2,1-2H3. The van der Waals surface area contributed by atoms with Gasteiger partial charge >= 0.3 is 0 Å². The molecule has 2 aromatic heterocycles. The lowest BCUT2D eigenvalue weighted by molar-refractivity contribution is -0.121. The van der Waals surface area contributed by atoms with Crippen LogP contribution < -0.4 is 14.4 Å². The first-order valence-electron chi connectivity index (χ1n) is 11.4. The third kappa shape index (κ3) is 4.45. The molecule has 0 bridgehead atoms. The quantitative estimate of drug-likeness (QED) is 0.337. The van der Waals surface area contributed by atoms with E-state index in [1.54, 1.807) is 31.4 Å². The van der Waals surface area contributed by atoms with Crippen LogP contribution in [0.15, 0.2) is 70.2 Å². The van der Waals surface area contributed by atoms with Gasteiger partial charge in [-0.15, -0.1) is 0 Å². The average molecular weight is 528 g/mol. The summed E-state index contributed by atoms with van der Waals surface area (Å²) in [7, 11) is -0.814. The number of methoxy groups -OCH3 is 2. The molecule has 1 aliphatic rings. The number of anilines is 1. The first-order chi connectivity index (χ1) is 17.4. The minimum Gasteiger partial charge on any atom is -0.497 e. The Morgan fingerprint density at radius 1 is 1.14 bits per heavy atom. The van der Waals surface area contributed by atoms with Crippen LogP contribution in [0.2, 0.25) is 0 Å². The second-order valence-electron chi connectivity index (χ2n) is 8.26. The summed E-state index contributed by atoms with van der Waals surface area (Å²) >= 11 is 1.34. The molecule has 0 N–H and O–H groups in total. The van der Waals surface area contributed by atoms with Crippen LogP contribution in [-0.4, -0.2) is 50.4 Å². The van der Waals surface area contributed by atoms with Crippen LogP contribution in [0, 0.1) is 0 Å². The van der Waals surface area contributed by atoms with Gasteiger partial charge in [0.1, 0.15) is 28.8 Å². The normalized spacial score (nSPS) is 16.3. The topological polar surface area (TPSA) is 102 Å². The van der Waals surface area contributed by atoms with Crippen molar-refractivity contribution in [2.45, 2.75) is 30.3 Å². The largest absolute Gasteiger partial charge is 0.497 e. The van der Waals surface area contributed by atoms with Gasteiger partial charge in [-0.05, 0) is 61.4 Å². The molecule has 2 aromatic carbocycles. The molecule has 1 atom stereocenters. The van der Waals surface area contributed by atoms with Crippen molar-refractivity contribution in [3.05, 3.63) is 66.6 Å². The molecule has 1 amide bonds. The highest BCUT2D eigenvalue weighted by Gasteiger charge is 2.42. The smallest absolute Gasteiger partial charge is 0.247 e. The number of benzene rings is 2. The molecule has 4 aromatic rings. The number of fused-ring (bicyclic) bond motifs is 1. The predicted molar refractivity (Wildman–Crippen MR) is 136 cm³/mol. The lowest BCUT2D eigenvalue weighted by Crippen LogP contribution is -2.47. The Morgan fingerprint density at radius 3 is 2.64 bits per heavy atom. The highest BCUT2D eigenvalue weighted by atomic mass is 32.2. The van der Waals surface area contributed by atoms with Crippen molar-refractivity contribution in [3.63, 3.8) is 0 Å². The van der Waals surface area contributed by atoms with Crippen molar-refractivity contribution in [2.24, 2.45) is 0 Å². The fourth-order valence-electron chi connectivity index (χ4n) is 4.33. The van der Waals surface area contributed by atoms with Gasteiger partial charge in [-0.3, -0.25) is 9.69 Å². The number of ether oxygens (including phenoxy) is 2. The lowest BCUT2D eigenvalue weighted by atomic mass is 10.2. The van der Waals surface area contributed by atoms with Crippen molar-refractivity contribution in [2.75, 3.05) is 25.7 Å².